The lowest BCUT2D eigenvalue weighted by Crippen LogP contribution is -2.63. The number of hydrogen-bond donors (Lipinski definition) is 3. The molecule has 6 rings (SSSR count). The van der Waals surface area contributed by atoms with Crippen LogP contribution < -0.4 is 21.1 Å². The average molecular weight is 624 g/mol. The van der Waals surface area contributed by atoms with E-state index in [0.717, 1.165) is 69.5 Å². The Kier molecular flexibility index (Phi) is 8.89. The van der Waals surface area contributed by atoms with Crippen LogP contribution in [0, 0.1) is 17.3 Å². The fourth-order valence-corrected chi connectivity index (χ4v) is 7.17. The summed E-state index contributed by atoms with van der Waals surface area (Å²) >= 11 is 0. The zero-order chi connectivity index (χ0) is 31.6. The maximum absolute atomic E-state index is 13.7. The molecular formula is C34H40F3N5O3. The maximum Gasteiger partial charge on any atom is 0.406 e. The smallest absolute Gasteiger partial charge is 0.406 e. The number of ether oxygens (including phenoxy) is 2. The molecule has 1 amide bonds. The van der Waals surface area contributed by atoms with Gasteiger partial charge in [-0.2, -0.15) is 13.2 Å². The summed E-state index contributed by atoms with van der Waals surface area (Å²) in [6.45, 7) is 3.07. The van der Waals surface area contributed by atoms with Gasteiger partial charge in [0.25, 0.3) is 0 Å². The Bertz CT molecular complexity index is 1590. The van der Waals surface area contributed by atoms with Gasteiger partial charge in [-0.3, -0.25) is 9.69 Å². The summed E-state index contributed by atoms with van der Waals surface area (Å²) in [5, 5.41) is 7.48. The van der Waals surface area contributed by atoms with E-state index in [1.807, 2.05) is 6.07 Å². The SMILES string of the molecule is COc1cc(C(N)=O)ccc1NCC#Cc1cc2c(N[C@H]3CC[C@H](N4CC5(CCCOC5)C4)CC3)cccc2n1CC(F)(F)F. The first-order valence-electron chi connectivity index (χ1n) is 15.6. The van der Waals surface area contributed by atoms with E-state index in [0.29, 0.717) is 34.0 Å². The Morgan fingerprint density at radius 3 is 2.62 bits per heavy atom. The van der Waals surface area contributed by atoms with E-state index in [2.05, 4.69) is 27.4 Å². The minimum Gasteiger partial charge on any atom is -0.495 e. The first-order valence-corrected chi connectivity index (χ1v) is 15.6. The molecule has 240 valence electrons. The van der Waals surface area contributed by atoms with E-state index in [-0.39, 0.29) is 18.3 Å². The molecule has 0 atom stereocenters. The summed E-state index contributed by atoms with van der Waals surface area (Å²) in [5.74, 6) is 5.73. The Balaban J connectivity index is 1.13. The maximum atomic E-state index is 13.7. The van der Waals surface area contributed by atoms with Crippen molar-refractivity contribution in [1.82, 2.24) is 9.47 Å². The van der Waals surface area contributed by atoms with Crippen molar-refractivity contribution in [1.29, 1.82) is 0 Å². The van der Waals surface area contributed by atoms with Crippen molar-refractivity contribution in [3.05, 3.63) is 53.7 Å². The number of rotatable bonds is 8. The number of nitrogens with two attached hydrogens (primary N) is 1. The Labute approximate surface area is 261 Å². The number of carbonyl (C=O) groups is 1. The lowest BCUT2D eigenvalue weighted by atomic mass is 9.73. The number of methoxy groups -OCH3 is 1. The van der Waals surface area contributed by atoms with Crippen molar-refractivity contribution in [2.75, 3.05) is 50.6 Å². The standard InChI is InChI=1S/C34H40F3N5O3/c1-44-31-17-23(32(38)43)8-13-29(31)39-15-3-5-26-18-27-28(6-2-7-30(27)42(26)21-34(35,36)37)40-24-9-11-25(12-10-24)41-19-33(20-41)14-4-16-45-22-33/h2,6-8,13,17-18,24-25,39-40H,4,9-12,14-16,19-22H2,1H3,(H2,38,43)/t24-,25-. The fourth-order valence-electron chi connectivity index (χ4n) is 7.17. The van der Waals surface area contributed by atoms with E-state index in [1.165, 1.54) is 24.2 Å². The molecule has 1 spiro atoms. The predicted octanol–water partition coefficient (Wildman–Crippen LogP) is 5.61. The van der Waals surface area contributed by atoms with Gasteiger partial charge in [0.05, 0.1) is 37.2 Å². The van der Waals surface area contributed by atoms with Gasteiger partial charge in [0.15, 0.2) is 0 Å². The highest BCUT2D eigenvalue weighted by Gasteiger charge is 2.46. The van der Waals surface area contributed by atoms with Gasteiger partial charge in [-0.1, -0.05) is 12.0 Å². The van der Waals surface area contributed by atoms with Crippen LogP contribution in [0.25, 0.3) is 10.9 Å². The van der Waals surface area contributed by atoms with Crippen LogP contribution >= 0.6 is 0 Å². The number of fused-ring (bicyclic) bond motifs is 1. The largest absolute Gasteiger partial charge is 0.495 e. The third-order valence-electron chi connectivity index (χ3n) is 9.41. The number of primary amides is 1. The molecule has 2 saturated heterocycles. The minimum atomic E-state index is -4.41. The van der Waals surface area contributed by atoms with E-state index in [1.54, 1.807) is 30.3 Å². The summed E-state index contributed by atoms with van der Waals surface area (Å²) in [7, 11) is 1.47. The lowest BCUT2D eigenvalue weighted by molar-refractivity contribution is -0.140. The van der Waals surface area contributed by atoms with Crippen molar-refractivity contribution in [2.24, 2.45) is 11.1 Å². The highest BCUT2D eigenvalue weighted by molar-refractivity contribution is 5.94. The molecule has 8 nitrogen and oxygen atoms in total. The summed E-state index contributed by atoms with van der Waals surface area (Å²) in [6.07, 6.45) is 2.28. The summed E-state index contributed by atoms with van der Waals surface area (Å²) in [6, 6.07) is 12.8. The Morgan fingerprint density at radius 2 is 1.93 bits per heavy atom. The Morgan fingerprint density at radius 1 is 1.13 bits per heavy atom. The van der Waals surface area contributed by atoms with E-state index < -0.39 is 18.6 Å². The van der Waals surface area contributed by atoms with Crippen molar-refractivity contribution < 1.29 is 27.4 Å². The van der Waals surface area contributed by atoms with Gasteiger partial charge < -0.3 is 30.4 Å². The molecule has 11 heteroatoms. The number of carbonyl (C=O) groups excluding carboxylic acids is 1. The van der Waals surface area contributed by atoms with Crippen LogP contribution in [0.4, 0.5) is 24.5 Å². The van der Waals surface area contributed by atoms with E-state index in [9.17, 15) is 18.0 Å². The second kappa shape index (κ2) is 12.9. The number of nitrogens with one attached hydrogen (secondary N) is 2. The summed E-state index contributed by atoms with van der Waals surface area (Å²) in [4.78, 5) is 14.1. The van der Waals surface area contributed by atoms with Crippen LogP contribution in [0.2, 0.25) is 0 Å². The number of amides is 1. The second-order valence-corrected chi connectivity index (χ2v) is 12.6. The fraction of sp³-hybridized carbons (Fsp3) is 0.500. The Hall–Kier alpha value is -3.88. The number of benzene rings is 2. The van der Waals surface area contributed by atoms with Gasteiger partial charge in [0.1, 0.15) is 12.3 Å². The quantitative estimate of drug-likeness (QED) is 0.283. The second-order valence-electron chi connectivity index (χ2n) is 12.6. The van der Waals surface area contributed by atoms with Gasteiger partial charge in [-0.25, -0.2) is 0 Å². The number of nitrogens with zero attached hydrogens (tertiary/aromatic N) is 2. The number of anilines is 2. The van der Waals surface area contributed by atoms with Crippen molar-refractivity contribution in [3.8, 4) is 17.6 Å². The van der Waals surface area contributed by atoms with Crippen LogP contribution in [-0.2, 0) is 11.3 Å². The molecule has 0 bridgehead atoms. The molecule has 1 saturated carbocycles. The normalized spacial score (nSPS) is 21.5. The minimum absolute atomic E-state index is 0.152. The van der Waals surface area contributed by atoms with Crippen LogP contribution in [-0.4, -0.2) is 73.6 Å². The first-order chi connectivity index (χ1) is 21.6. The van der Waals surface area contributed by atoms with Gasteiger partial charge in [0, 0.05) is 53.8 Å². The number of alkyl halides is 3. The molecule has 1 aliphatic carbocycles. The molecular weight excluding hydrogens is 583 g/mol. The van der Waals surface area contributed by atoms with Crippen LogP contribution in [0.5, 0.6) is 5.75 Å². The number of hydrogen-bond acceptors (Lipinski definition) is 6. The molecule has 1 aromatic heterocycles. The number of aromatic nitrogens is 1. The van der Waals surface area contributed by atoms with Gasteiger partial charge in [-0.05, 0) is 80.8 Å². The first kappa shape index (κ1) is 31.1. The molecule has 0 unspecified atom stereocenters. The topological polar surface area (TPSA) is 93.8 Å². The highest BCUT2D eigenvalue weighted by atomic mass is 19.4. The van der Waals surface area contributed by atoms with Crippen molar-refractivity contribution in [3.63, 3.8) is 0 Å². The third-order valence-corrected chi connectivity index (χ3v) is 9.41. The van der Waals surface area contributed by atoms with Crippen molar-refractivity contribution >= 4 is 28.2 Å². The molecule has 2 aliphatic heterocycles. The van der Waals surface area contributed by atoms with E-state index >= 15 is 0 Å². The van der Waals surface area contributed by atoms with Crippen LogP contribution in [0.1, 0.15) is 54.6 Å². The lowest BCUT2D eigenvalue weighted by Gasteiger charge is -2.55. The molecule has 4 N–H and O–H groups in total. The summed E-state index contributed by atoms with van der Waals surface area (Å²) in [5.41, 5.74) is 8.22. The molecule has 3 aromatic rings. The number of halogens is 3. The van der Waals surface area contributed by atoms with Gasteiger partial charge in [-0.15, -0.1) is 0 Å². The molecule has 3 aliphatic rings. The predicted molar refractivity (Wildman–Crippen MR) is 169 cm³/mol. The highest BCUT2D eigenvalue weighted by Crippen LogP contribution is 2.42. The third kappa shape index (κ3) is 7.02. The van der Waals surface area contributed by atoms with Crippen molar-refractivity contribution in [2.45, 2.75) is 63.3 Å². The molecule has 0 radical (unpaired) electrons. The van der Waals surface area contributed by atoms with Crippen LogP contribution in [0.3, 0.4) is 0 Å². The monoisotopic (exact) mass is 623 g/mol. The van der Waals surface area contributed by atoms with E-state index in [4.69, 9.17) is 15.2 Å². The van der Waals surface area contributed by atoms with Crippen LogP contribution in [0.15, 0.2) is 42.5 Å². The van der Waals surface area contributed by atoms with Gasteiger partial charge >= 0.3 is 6.18 Å². The molecule has 2 aromatic carbocycles. The molecule has 3 fully saturated rings. The number of likely N-dealkylation sites (tertiary alicyclic amines) is 1. The zero-order valence-corrected chi connectivity index (χ0v) is 25.5. The summed E-state index contributed by atoms with van der Waals surface area (Å²) < 4.78 is 53.4. The molecule has 45 heavy (non-hydrogen) atoms. The zero-order valence-electron chi connectivity index (χ0n) is 25.5. The average Bonchev–Trinajstić information content (AvgIpc) is 3.35. The van der Waals surface area contributed by atoms with Gasteiger partial charge in [0.2, 0.25) is 5.91 Å². The molecule has 3 heterocycles.